The summed E-state index contributed by atoms with van der Waals surface area (Å²) in [7, 11) is 0. The quantitative estimate of drug-likeness (QED) is 0.464. The fourth-order valence-corrected chi connectivity index (χ4v) is 1.09. The zero-order valence-electron chi connectivity index (χ0n) is 9.18. The minimum absolute atomic E-state index is 0.314. The number of nitrogens with one attached hydrogen (secondary N) is 1. The largest absolute Gasteiger partial charge is 0.478 e. The second kappa shape index (κ2) is 7.56. The summed E-state index contributed by atoms with van der Waals surface area (Å²) in [5, 5.41) is 11.9. The smallest absolute Gasteiger partial charge is 0.330 e. The molecule has 0 heterocycles. The Labute approximate surface area is 86.2 Å². The summed E-state index contributed by atoms with van der Waals surface area (Å²) in [5.74, 6) is -0.205. The Morgan fingerprint density at radius 1 is 1.43 bits per heavy atom. The Bertz CT molecular complexity index is 188. The van der Waals surface area contributed by atoms with Crippen LogP contribution in [-0.4, -0.2) is 24.2 Å². The third-order valence-electron chi connectivity index (χ3n) is 1.94. The molecule has 0 spiro atoms. The highest BCUT2D eigenvalue weighted by Gasteiger charge is 2.02. The molecule has 0 fully saturated rings. The highest BCUT2D eigenvalue weighted by molar-refractivity contribution is 5.85. The van der Waals surface area contributed by atoms with E-state index in [0.29, 0.717) is 17.9 Å². The molecular weight excluding hydrogens is 178 g/mol. The molecule has 0 aromatic rings. The molecule has 0 aromatic carbocycles. The van der Waals surface area contributed by atoms with E-state index in [1.165, 1.54) is 0 Å². The minimum Gasteiger partial charge on any atom is -0.478 e. The highest BCUT2D eigenvalue weighted by atomic mass is 16.4. The molecule has 2 N–H and O–H groups in total. The summed E-state index contributed by atoms with van der Waals surface area (Å²) in [6.07, 6.45) is 2.51. The summed E-state index contributed by atoms with van der Waals surface area (Å²) in [6.45, 7) is 9.80. The van der Waals surface area contributed by atoms with Crippen LogP contribution in [0.25, 0.3) is 0 Å². The van der Waals surface area contributed by atoms with Gasteiger partial charge in [0.15, 0.2) is 0 Å². The average molecular weight is 199 g/mol. The third kappa shape index (κ3) is 7.80. The zero-order valence-corrected chi connectivity index (χ0v) is 9.18. The van der Waals surface area contributed by atoms with Gasteiger partial charge in [-0.25, -0.2) is 4.79 Å². The van der Waals surface area contributed by atoms with Gasteiger partial charge in [-0.1, -0.05) is 20.4 Å². The molecule has 0 aliphatic heterocycles. The topological polar surface area (TPSA) is 49.3 Å². The first-order valence-corrected chi connectivity index (χ1v) is 5.15. The van der Waals surface area contributed by atoms with E-state index in [9.17, 15) is 4.79 Å². The van der Waals surface area contributed by atoms with Crippen LogP contribution in [0.5, 0.6) is 0 Å². The minimum atomic E-state index is -0.875. The van der Waals surface area contributed by atoms with Gasteiger partial charge in [0.1, 0.15) is 0 Å². The van der Waals surface area contributed by atoms with Crippen LogP contribution in [0.1, 0.15) is 33.1 Å². The summed E-state index contributed by atoms with van der Waals surface area (Å²) >= 11 is 0. The van der Waals surface area contributed by atoms with Gasteiger partial charge in [0.2, 0.25) is 0 Å². The molecule has 0 amide bonds. The van der Waals surface area contributed by atoms with Crippen LogP contribution in [0.2, 0.25) is 0 Å². The van der Waals surface area contributed by atoms with Crippen molar-refractivity contribution in [3.8, 4) is 0 Å². The van der Waals surface area contributed by atoms with Gasteiger partial charge in [-0.15, -0.1) is 0 Å². The van der Waals surface area contributed by atoms with E-state index >= 15 is 0 Å². The van der Waals surface area contributed by atoms with Gasteiger partial charge in [-0.3, -0.25) is 0 Å². The fraction of sp³-hybridized carbons (Fsp3) is 0.727. The lowest BCUT2D eigenvalue weighted by Crippen LogP contribution is -2.20. The van der Waals surface area contributed by atoms with E-state index < -0.39 is 5.97 Å². The van der Waals surface area contributed by atoms with Crippen molar-refractivity contribution in [2.45, 2.75) is 33.1 Å². The normalized spacial score (nSPS) is 10.5. The first-order valence-electron chi connectivity index (χ1n) is 5.15. The lowest BCUT2D eigenvalue weighted by molar-refractivity contribution is -0.132. The van der Waals surface area contributed by atoms with Crippen LogP contribution < -0.4 is 5.32 Å². The van der Waals surface area contributed by atoms with E-state index in [1.807, 2.05) is 0 Å². The van der Waals surface area contributed by atoms with Crippen molar-refractivity contribution in [2.75, 3.05) is 13.1 Å². The molecule has 0 saturated heterocycles. The van der Waals surface area contributed by atoms with Gasteiger partial charge < -0.3 is 10.4 Å². The molecule has 14 heavy (non-hydrogen) atoms. The van der Waals surface area contributed by atoms with Crippen LogP contribution in [0.4, 0.5) is 0 Å². The number of hydrogen-bond acceptors (Lipinski definition) is 2. The third-order valence-corrected chi connectivity index (χ3v) is 1.94. The van der Waals surface area contributed by atoms with Crippen molar-refractivity contribution in [1.29, 1.82) is 0 Å². The molecule has 0 bridgehead atoms. The summed E-state index contributed by atoms with van der Waals surface area (Å²) in [5.41, 5.74) is 0.314. The maximum absolute atomic E-state index is 10.4. The first kappa shape index (κ1) is 13.2. The summed E-state index contributed by atoms with van der Waals surface area (Å²) < 4.78 is 0. The van der Waals surface area contributed by atoms with Gasteiger partial charge in [0.05, 0.1) is 0 Å². The van der Waals surface area contributed by atoms with Crippen LogP contribution in [-0.2, 0) is 4.79 Å². The number of aliphatic carboxylic acids is 1. The fourth-order valence-electron chi connectivity index (χ4n) is 1.09. The number of carboxylic acid groups (broad SMARTS) is 1. The van der Waals surface area contributed by atoms with Crippen LogP contribution in [0.15, 0.2) is 12.2 Å². The number of unbranched alkanes of at least 4 members (excludes halogenated alkanes) is 1. The number of hydrogen-bond donors (Lipinski definition) is 2. The van der Waals surface area contributed by atoms with Crippen molar-refractivity contribution >= 4 is 5.97 Å². The van der Waals surface area contributed by atoms with Crippen molar-refractivity contribution in [2.24, 2.45) is 5.92 Å². The second-order valence-electron chi connectivity index (χ2n) is 3.96. The predicted octanol–water partition coefficient (Wildman–Crippen LogP) is 2.04. The van der Waals surface area contributed by atoms with Crippen molar-refractivity contribution in [1.82, 2.24) is 5.32 Å². The van der Waals surface area contributed by atoms with Crippen LogP contribution in [0, 0.1) is 5.92 Å². The molecule has 0 unspecified atom stereocenters. The van der Waals surface area contributed by atoms with Gasteiger partial charge >= 0.3 is 5.97 Å². The molecule has 0 saturated carbocycles. The molecule has 82 valence electrons. The van der Waals surface area contributed by atoms with Gasteiger partial charge in [0, 0.05) is 5.57 Å². The first-order chi connectivity index (χ1) is 6.54. The summed E-state index contributed by atoms with van der Waals surface area (Å²) in [6, 6.07) is 0. The molecule has 3 nitrogen and oxygen atoms in total. The van der Waals surface area contributed by atoms with Gasteiger partial charge in [-0.2, -0.15) is 0 Å². The predicted molar refractivity (Wildman–Crippen MR) is 58.3 cm³/mol. The van der Waals surface area contributed by atoms with Crippen molar-refractivity contribution in [3.05, 3.63) is 12.2 Å². The summed E-state index contributed by atoms with van der Waals surface area (Å²) in [4.78, 5) is 10.4. The number of carboxylic acids is 1. The highest BCUT2D eigenvalue weighted by Crippen LogP contribution is 2.04. The SMILES string of the molecule is C=C(CCCCNCC(C)C)C(=O)O. The Morgan fingerprint density at radius 2 is 2.07 bits per heavy atom. The van der Waals surface area contributed by atoms with Crippen molar-refractivity contribution in [3.63, 3.8) is 0 Å². The standard InChI is InChI=1S/C11H21NO2/c1-9(2)8-12-7-5-4-6-10(3)11(13)14/h9,12H,3-8H2,1-2H3,(H,13,14). The maximum Gasteiger partial charge on any atom is 0.330 e. The lowest BCUT2D eigenvalue weighted by atomic mass is 10.1. The van der Waals surface area contributed by atoms with E-state index in [4.69, 9.17) is 5.11 Å². The molecule has 0 aliphatic carbocycles. The lowest BCUT2D eigenvalue weighted by Gasteiger charge is -2.06. The Morgan fingerprint density at radius 3 is 2.57 bits per heavy atom. The Hall–Kier alpha value is -0.830. The van der Waals surface area contributed by atoms with Crippen LogP contribution in [0.3, 0.4) is 0 Å². The molecule has 0 rings (SSSR count). The monoisotopic (exact) mass is 199 g/mol. The average Bonchev–Trinajstić information content (AvgIpc) is 2.09. The maximum atomic E-state index is 10.4. The zero-order chi connectivity index (χ0) is 11.0. The van der Waals surface area contributed by atoms with Crippen LogP contribution >= 0.6 is 0 Å². The molecule has 0 aliphatic rings. The molecule has 0 atom stereocenters. The molecular formula is C11H21NO2. The van der Waals surface area contributed by atoms with E-state index in [2.05, 4.69) is 25.7 Å². The van der Waals surface area contributed by atoms with Gasteiger partial charge in [-0.05, 0) is 38.3 Å². The molecule has 0 aromatic heterocycles. The van der Waals surface area contributed by atoms with E-state index in [-0.39, 0.29) is 0 Å². The van der Waals surface area contributed by atoms with Crippen molar-refractivity contribution < 1.29 is 9.90 Å². The van der Waals surface area contributed by atoms with E-state index in [0.717, 1.165) is 25.9 Å². The number of rotatable bonds is 8. The number of carbonyl (C=O) groups is 1. The molecule has 0 radical (unpaired) electrons. The Balaban J connectivity index is 3.22. The second-order valence-corrected chi connectivity index (χ2v) is 3.96. The Kier molecular flexibility index (Phi) is 7.11. The molecule has 3 heteroatoms. The van der Waals surface area contributed by atoms with Gasteiger partial charge in [0.25, 0.3) is 0 Å². The van der Waals surface area contributed by atoms with E-state index in [1.54, 1.807) is 0 Å².